The summed E-state index contributed by atoms with van der Waals surface area (Å²) in [5, 5.41) is 2.79. The maximum Gasteiger partial charge on any atom is 0.265 e. The molecule has 1 aromatic carbocycles. The van der Waals surface area contributed by atoms with E-state index in [0.29, 0.717) is 12.2 Å². The minimum absolute atomic E-state index is 0.0915. The second-order valence-electron chi connectivity index (χ2n) is 4.24. The molecule has 1 aliphatic rings. The van der Waals surface area contributed by atoms with E-state index in [-0.39, 0.29) is 21.9 Å². The molecule has 0 radical (unpaired) electrons. The molecule has 0 aliphatic carbocycles. The molecule has 0 saturated carbocycles. The molecule has 0 spiro atoms. The molecule has 1 N–H and O–H groups in total. The number of ether oxygens (including phenoxy) is 1. The van der Waals surface area contributed by atoms with Gasteiger partial charge in [0.2, 0.25) is 0 Å². The molecular formula is C13H9Cl2N3O2. The van der Waals surface area contributed by atoms with Crippen molar-refractivity contribution in [2.45, 2.75) is 12.5 Å². The number of carbonyl (C=O) groups excluding carboxylic acids is 1. The van der Waals surface area contributed by atoms with Gasteiger partial charge in [-0.3, -0.25) is 4.79 Å². The smallest absolute Gasteiger partial charge is 0.265 e. The third-order valence-corrected chi connectivity index (χ3v) is 3.52. The summed E-state index contributed by atoms with van der Waals surface area (Å²) < 4.78 is 5.58. The molecule has 0 saturated heterocycles. The highest BCUT2D eigenvalue weighted by molar-refractivity contribution is 6.38. The maximum absolute atomic E-state index is 12.2. The van der Waals surface area contributed by atoms with Crippen LogP contribution in [0.4, 0.5) is 5.69 Å². The lowest BCUT2D eigenvalue weighted by Crippen LogP contribution is -2.31. The number of carbonyl (C=O) groups is 1. The predicted molar refractivity (Wildman–Crippen MR) is 75.2 cm³/mol. The number of hydrogen-bond acceptors (Lipinski definition) is 4. The molecule has 20 heavy (non-hydrogen) atoms. The van der Waals surface area contributed by atoms with E-state index in [0.717, 1.165) is 5.56 Å². The van der Waals surface area contributed by atoms with Gasteiger partial charge >= 0.3 is 0 Å². The molecule has 5 nitrogen and oxygen atoms in total. The van der Waals surface area contributed by atoms with Crippen LogP contribution >= 0.6 is 23.2 Å². The van der Waals surface area contributed by atoms with Crippen molar-refractivity contribution in [3.63, 3.8) is 0 Å². The Bertz CT molecular complexity index is 633. The highest BCUT2D eigenvalue weighted by Crippen LogP contribution is 2.30. The van der Waals surface area contributed by atoms with Crippen molar-refractivity contribution in [1.82, 2.24) is 9.97 Å². The van der Waals surface area contributed by atoms with Crippen LogP contribution in [0.15, 0.2) is 30.6 Å². The Morgan fingerprint density at radius 3 is 2.65 bits per heavy atom. The lowest BCUT2D eigenvalue weighted by atomic mass is 10.1. The topological polar surface area (TPSA) is 64.1 Å². The summed E-state index contributed by atoms with van der Waals surface area (Å²) in [6.07, 6.45) is 1.12. The van der Waals surface area contributed by atoms with Gasteiger partial charge in [-0.2, -0.15) is 0 Å². The van der Waals surface area contributed by atoms with Gasteiger partial charge in [0.25, 0.3) is 5.91 Å². The zero-order chi connectivity index (χ0) is 14.1. The monoisotopic (exact) mass is 309 g/mol. The molecule has 1 aliphatic heterocycles. The van der Waals surface area contributed by atoms with Crippen molar-refractivity contribution in [3.05, 3.63) is 46.5 Å². The average Bonchev–Trinajstić information content (AvgIpc) is 2.87. The Morgan fingerprint density at radius 2 is 1.95 bits per heavy atom. The highest BCUT2D eigenvalue weighted by atomic mass is 35.5. The lowest BCUT2D eigenvalue weighted by molar-refractivity contribution is -0.122. The van der Waals surface area contributed by atoms with Crippen LogP contribution in [0, 0.1) is 0 Å². The van der Waals surface area contributed by atoms with Gasteiger partial charge in [0.1, 0.15) is 17.8 Å². The molecule has 7 heteroatoms. The van der Waals surface area contributed by atoms with Gasteiger partial charge in [-0.1, -0.05) is 41.4 Å². The van der Waals surface area contributed by atoms with Crippen LogP contribution in [0.1, 0.15) is 5.56 Å². The maximum atomic E-state index is 12.2. The van der Waals surface area contributed by atoms with Crippen LogP contribution in [-0.4, -0.2) is 22.0 Å². The van der Waals surface area contributed by atoms with Gasteiger partial charge in [-0.25, -0.2) is 9.97 Å². The SMILES string of the molecule is O=C(Nc1c(Cl)ncnc1Cl)C1Cc2ccccc2O1. The Labute approximate surface area is 124 Å². The second kappa shape index (κ2) is 5.26. The average molecular weight is 310 g/mol. The molecular weight excluding hydrogens is 301 g/mol. The molecule has 1 atom stereocenters. The fourth-order valence-corrected chi connectivity index (χ4v) is 2.39. The van der Waals surface area contributed by atoms with Crippen LogP contribution in [0.3, 0.4) is 0 Å². The first-order chi connectivity index (χ1) is 9.65. The van der Waals surface area contributed by atoms with E-state index in [4.69, 9.17) is 27.9 Å². The number of hydrogen-bond donors (Lipinski definition) is 1. The van der Waals surface area contributed by atoms with E-state index in [1.807, 2.05) is 24.3 Å². The molecule has 2 heterocycles. The molecule has 102 valence electrons. The first kappa shape index (κ1) is 13.1. The predicted octanol–water partition coefficient (Wildman–Crippen LogP) is 2.73. The lowest BCUT2D eigenvalue weighted by Gasteiger charge is -2.12. The minimum atomic E-state index is -0.611. The van der Waals surface area contributed by atoms with Crippen LogP contribution in [-0.2, 0) is 11.2 Å². The van der Waals surface area contributed by atoms with Crippen LogP contribution in [0.2, 0.25) is 10.3 Å². The van der Waals surface area contributed by atoms with Gasteiger partial charge in [0.05, 0.1) is 0 Å². The standard InChI is InChI=1S/C13H9Cl2N3O2/c14-11-10(12(15)17-6-16-11)18-13(19)9-5-7-3-1-2-4-8(7)20-9/h1-4,6,9H,5H2,(H,18,19). The number of benzene rings is 1. The number of para-hydroxylation sites is 1. The molecule has 3 rings (SSSR count). The first-order valence-electron chi connectivity index (χ1n) is 5.86. The van der Waals surface area contributed by atoms with Crippen molar-refractivity contribution >= 4 is 34.8 Å². The van der Waals surface area contributed by atoms with Gasteiger partial charge in [-0.05, 0) is 11.6 Å². The number of nitrogens with zero attached hydrogens (tertiary/aromatic N) is 2. The number of amides is 1. The summed E-state index contributed by atoms with van der Waals surface area (Å²) in [6, 6.07) is 7.52. The van der Waals surface area contributed by atoms with Crippen molar-refractivity contribution in [2.75, 3.05) is 5.32 Å². The second-order valence-corrected chi connectivity index (χ2v) is 4.95. The van der Waals surface area contributed by atoms with Gasteiger partial charge in [-0.15, -0.1) is 0 Å². The van der Waals surface area contributed by atoms with E-state index >= 15 is 0 Å². The van der Waals surface area contributed by atoms with E-state index in [1.54, 1.807) is 0 Å². The van der Waals surface area contributed by atoms with Crippen LogP contribution < -0.4 is 10.1 Å². The van der Waals surface area contributed by atoms with Gasteiger partial charge in [0.15, 0.2) is 16.4 Å². The Kier molecular flexibility index (Phi) is 3.46. The summed E-state index contributed by atoms with van der Waals surface area (Å²) in [6.45, 7) is 0. The summed E-state index contributed by atoms with van der Waals surface area (Å²) in [5.74, 6) is 0.383. The van der Waals surface area contributed by atoms with Crippen molar-refractivity contribution in [1.29, 1.82) is 0 Å². The zero-order valence-electron chi connectivity index (χ0n) is 10.1. The van der Waals surface area contributed by atoms with Gasteiger partial charge in [0, 0.05) is 6.42 Å². The van der Waals surface area contributed by atoms with E-state index in [2.05, 4.69) is 15.3 Å². The quantitative estimate of drug-likeness (QED) is 0.866. The van der Waals surface area contributed by atoms with E-state index < -0.39 is 6.10 Å². The van der Waals surface area contributed by atoms with E-state index in [1.165, 1.54) is 6.33 Å². The van der Waals surface area contributed by atoms with Crippen LogP contribution in [0.5, 0.6) is 5.75 Å². The number of halogens is 2. The number of aromatic nitrogens is 2. The number of nitrogens with one attached hydrogen (secondary N) is 1. The Balaban J connectivity index is 1.76. The molecule has 0 bridgehead atoms. The molecule has 1 aromatic heterocycles. The summed E-state index contributed by atoms with van der Waals surface area (Å²) in [5.41, 5.74) is 1.19. The number of anilines is 1. The van der Waals surface area contributed by atoms with Gasteiger partial charge < -0.3 is 10.1 Å². The minimum Gasteiger partial charge on any atom is -0.480 e. The summed E-state index contributed by atoms with van der Waals surface area (Å²) in [7, 11) is 0. The molecule has 1 amide bonds. The fourth-order valence-electron chi connectivity index (χ4n) is 1.98. The normalized spacial score (nSPS) is 16.4. The fraction of sp³-hybridized carbons (Fsp3) is 0.154. The third-order valence-electron chi connectivity index (χ3n) is 2.94. The van der Waals surface area contributed by atoms with Crippen molar-refractivity contribution < 1.29 is 9.53 Å². The molecule has 1 unspecified atom stereocenters. The first-order valence-corrected chi connectivity index (χ1v) is 6.62. The Morgan fingerprint density at radius 1 is 1.25 bits per heavy atom. The third kappa shape index (κ3) is 2.42. The van der Waals surface area contributed by atoms with Crippen LogP contribution in [0.25, 0.3) is 0 Å². The molecule has 0 fully saturated rings. The summed E-state index contributed by atoms with van der Waals surface area (Å²) >= 11 is 11.8. The zero-order valence-corrected chi connectivity index (χ0v) is 11.6. The molecule has 2 aromatic rings. The van der Waals surface area contributed by atoms with E-state index in [9.17, 15) is 4.79 Å². The number of fused-ring (bicyclic) bond motifs is 1. The Hall–Kier alpha value is -1.85. The summed E-state index contributed by atoms with van der Waals surface area (Å²) in [4.78, 5) is 19.7. The van der Waals surface area contributed by atoms with Crippen molar-refractivity contribution in [2.24, 2.45) is 0 Å². The van der Waals surface area contributed by atoms with Crippen molar-refractivity contribution in [3.8, 4) is 5.75 Å². The largest absolute Gasteiger partial charge is 0.480 e. The number of rotatable bonds is 2. The highest BCUT2D eigenvalue weighted by Gasteiger charge is 2.29.